The molecule has 1 aromatic heterocycles. The van der Waals surface area contributed by atoms with E-state index in [1.165, 1.54) is 0 Å². The second-order valence-corrected chi connectivity index (χ2v) is 5.97. The molecule has 0 aliphatic carbocycles. The van der Waals surface area contributed by atoms with Crippen molar-refractivity contribution < 1.29 is 9.90 Å². The zero-order chi connectivity index (χ0) is 16.6. The smallest absolute Gasteiger partial charge is 0.326 e. The van der Waals surface area contributed by atoms with E-state index in [9.17, 15) is 9.90 Å². The number of nitrogen functional groups attached to an aromatic ring is 1. The fourth-order valence-corrected chi connectivity index (χ4v) is 2.94. The highest BCUT2D eigenvalue weighted by Crippen LogP contribution is 2.30. The molecule has 7 nitrogen and oxygen atoms in total. The number of benzene rings is 1. The van der Waals surface area contributed by atoms with E-state index in [2.05, 4.69) is 15.0 Å². The third kappa shape index (κ3) is 3.16. The number of hydrogen-bond donors (Lipinski definition) is 2. The lowest BCUT2D eigenvalue weighted by Crippen LogP contribution is -2.37. The van der Waals surface area contributed by atoms with E-state index >= 15 is 0 Å². The molecule has 1 atom stereocenters. The van der Waals surface area contributed by atoms with Crippen LogP contribution in [0.2, 0.25) is 10.0 Å². The summed E-state index contributed by atoms with van der Waals surface area (Å²) in [6.45, 7) is 0.545. The van der Waals surface area contributed by atoms with Gasteiger partial charge < -0.3 is 15.7 Å². The van der Waals surface area contributed by atoms with E-state index in [1.54, 1.807) is 23.1 Å². The van der Waals surface area contributed by atoms with Gasteiger partial charge in [-0.25, -0.2) is 4.79 Å². The first-order valence-corrected chi connectivity index (χ1v) is 7.67. The van der Waals surface area contributed by atoms with Gasteiger partial charge in [0.05, 0.1) is 5.02 Å². The van der Waals surface area contributed by atoms with Crippen LogP contribution in [0.4, 0.5) is 11.9 Å². The average Bonchev–Trinajstić information content (AvgIpc) is 2.99. The number of aliphatic carboxylic acids is 1. The fraction of sp³-hybridized carbons (Fsp3) is 0.286. The van der Waals surface area contributed by atoms with E-state index in [1.807, 2.05) is 0 Å². The van der Waals surface area contributed by atoms with Gasteiger partial charge in [0.1, 0.15) is 6.04 Å². The van der Waals surface area contributed by atoms with Gasteiger partial charge in [-0.2, -0.15) is 15.0 Å². The van der Waals surface area contributed by atoms with Crippen LogP contribution >= 0.6 is 23.2 Å². The summed E-state index contributed by atoms with van der Waals surface area (Å²) in [5.74, 6) is -0.426. The molecule has 0 amide bonds. The van der Waals surface area contributed by atoms with Crippen molar-refractivity contribution in [3.8, 4) is 11.4 Å². The van der Waals surface area contributed by atoms with Gasteiger partial charge >= 0.3 is 5.97 Å². The van der Waals surface area contributed by atoms with E-state index in [-0.39, 0.29) is 17.7 Å². The SMILES string of the molecule is Nc1nc(-c2cc(Cl)ccc2Cl)nc(N2CCC[C@H]2C(=O)O)n1. The Balaban J connectivity index is 2.06. The maximum absolute atomic E-state index is 11.3. The molecule has 1 saturated heterocycles. The molecular weight excluding hydrogens is 341 g/mol. The summed E-state index contributed by atoms with van der Waals surface area (Å²) >= 11 is 12.2. The predicted molar refractivity (Wildman–Crippen MR) is 87.7 cm³/mol. The molecule has 0 saturated carbocycles. The lowest BCUT2D eigenvalue weighted by Gasteiger charge is -2.21. The van der Waals surface area contributed by atoms with E-state index in [0.717, 1.165) is 6.42 Å². The molecule has 1 fully saturated rings. The normalized spacial score (nSPS) is 17.5. The molecule has 0 bridgehead atoms. The summed E-state index contributed by atoms with van der Waals surface area (Å²) in [5, 5.41) is 10.2. The second-order valence-electron chi connectivity index (χ2n) is 5.13. The molecule has 0 spiro atoms. The highest BCUT2D eigenvalue weighted by molar-refractivity contribution is 6.35. The quantitative estimate of drug-likeness (QED) is 0.872. The number of carbonyl (C=O) groups is 1. The predicted octanol–water partition coefficient (Wildman–Crippen LogP) is 2.48. The van der Waals surface area contributed by atoms with Crippen LogP contribution in [0.1, 0.15) is 12.8 Å². The molecule has 120 valence electrons. The number of anilines is 2. The van der Waals surface area contributed by atoms with Crippen molar-refractivity contribution in [1.82, 2.24) is 15.0 Å². The van der Waals surface area contributed by atoms with Crippen LogP contribution in [0, 0.1) is 0 Å². The number of nitrogens with two attached hydrogens (primary N) is 1. The van der Waals surface area contributed by atoms with Crippen LogP contribution in [0.5, 0.6) is 0 Å². The Kier molecular flexibility index (Phi) is 4.23. The van der Waals surface area contributed by atoms with Crippen LogP contribution in [0.3, 0.4) is 0 Å². The van der Waals surface area contributed by atoms with E-state index in [4.69, 9.17) is 28.9 Å². The lowest BCUT2D eigenvalue weighted by molar-refractivity contribution is -0.138. The monoisotopic (exact) mass is 353 g/mol. The third-order valence-electron chi connectivity index (χ3n) is 3.60. The minimum atomic E-state index is -0.913. The van der Waals surface area contributed by atoms with E-state index in [0.29, 0.717) is 28.6 Å². The Hall–Kier alpha value is -2.12. The summed E-state index contributed by atoms with van der Waals surface area (Å²) in [5.41, 5.74) is 6.28. The molecule has 1 aromatic carbocycles. The highest BCUT2D eigenvalue weighted by atomic mass is 35.5. The van der Waals surface area contributed by atoms with Gasteiger partial charge in [0, 0.05) is 17.1 Å². The summed E-state index contributed by atoms with van der Waals surface area (Å²) in [4.78, 5) is 25.4. The third-order valence-corrected chi connectivity index (χ3v) is 4.17. The minimum Gasteiger partial charge on any atom is -0.480 e. The lowest BCUT2D eigenvalue weighted by atomic mass is 10.2. The molecule has 1 aliphatic heterocycles. The summed E-state index contributed by atoms with van der Waals surface area (Å²) < 4.78 is 0. The standard InChI is InChI=1S/C14H13Cl2N5O2/c15-7-3-4-9(16)8(6-7)11-18-13(17)20-14(19-11)21-5-1-2-10(21)12(22)23/h3-4,6,10H,1-2,5H2,(H,22,23)(H2,17,18,19,20)/t10-/m0/s1. The summed E-state index contributed by atoms with van der Waals surface area (Å²) in [6, 6.07) is 4.25. The van der Waals surface area contributed by atoms with Gasteiger partial charge in [-0.3, -0.25) is 0 Å². The van der Waals surface area contributed by atoms with Crippen LogP contribution in [0.15, 0.2) is 18.2 Å². The number of rotatable bonds is 3. The number of nitrogens with zero attached hydrogens (tertiary/aromatic N) is 4. The van der Waals surface area contributed by atoms with Crippen molar-refractivity contribution in [2.24, 2.45) is 0 Å². The molecule has 3 rings (SSSR count). The highest BCUT2D eigenvalue weighted by Gasteiger charge is 2.33. The van der Waals surface area contributed by atoms with Crippen LogP contribution in [-0.4, -0.2) is 38.6 Å². The Bertz CT molecular complexity index is 771. The molecule has 9 heteroatoms. The minimum absolute atomic E-state index is 0.00270. The number of carboxylic acid groups (broad SMARTS) is 1. The molecule has 2 heterocycles. The van der Waals surface area contributed by atoms with Crippen LogP contribution in [-0.2, 0) is 4.79 Å². The molecule has 23 heavy (non-hydrogen) atoms. The number of aromatic nitrogens is 3. The molecular formula is C14H13Cl2N5O2. The zero-order valence-electron chi connectivity index (χ0n) is 11.9. The Morgan fingerprint density at radius 1 is 1.30 bits per heavy atom. The summed E-state index contributed by atoms with van der Waals surface area (Å²) in [6.07, 6.45) is 1.28. The van der Waals surface area contributed by atoms with Gasteiger partial charge in [0.25, 0.3) is 0 Å². The van der Waals surface area contributed by atoms with Crippen LogP contribution in [0.25, 0.3) is 11.4 Å². The average molecular weight is 354 g/mol. The first kappa shape index (κ1) is 15.8. The van der Waals surface area contributed by atoms with Gasteiger partial charge in [-0.15, -0.1) is 0 Å². The molecule has 3 N–H and O–H groups in total. The first-order chi connectivity index (χ1) is 11.0. The van der Waals surface area contributed by atoms with Crippen molar-refractivity contribution in [2.75, 3.05) is 17.2 Å². The van der Waals surface area contributed by atoms with Crippen molar-refractivity contribution in [3.63, 3.8) is 0 Å². The molecule has 0 radical (unpaired) electrons. The van der Waals surface area contributed by atoms with Crippen molar-refractivity contribution >= 4 is 41.1 Å². The van der Waals surface area contributed by atoms with Gasteiger partial charge in [0.2, 0.25) is 11.9 Å². The van der Waals surface area contributed by atoms with Crippen LogP contribution < -0.4 is 10.6 Å². The van der Waals surface area contributed by atoms with Gasteiger partial charge in [0.15, 0.2) is 5.82 Å². The Labute approximate surface area is 142 Å². The number of carboxylic acids is 1. The van der Waals surface area contributed by atoms with E-state index < -0.39 is 12.0 Å². The zero-order valence-corrected chi connectivity index (χ0v) is 13.4. The topological polar surface area (TPSA) is 105 Å². The van der Waals surface area contributed by atoms with Crippen molar-refractivity contribution in [1.29, 1.82) is 0 Å². The first-order valence-electron chi connectivity index (χ1n) is 6.92. The molecule has 1 aliphatic rings. The number of halogens is 2. The maximum Gasteiger partial charge on any atom is 0.326 e. The van der Waals surface area contributed by atoms with Gasteiger partial charge in [-0.05, 0) is 31.0 Å². The molecule has 2 aromatic rings. The second kappa shape index (κ2) is 6.17. The maximum atomic E-state index is 11.3. The van der Waals surface area contributed by atoms with Gasteiger partial charge in [-0.1, -0.05) is 23.2 Å². The largest absolute Gasteiger partial charge is 0.480 e. The number of hydrogen-bond acceptors (Lipinski definition) is 6. The van der Waals surface area contributed by atoms with Crippen molar-refractivity contribution in [3.05, 3.63) is 28.2 Å². The Morgan fingerprint density at radius 2 is 2.09 bits per heavy atom. The Morgan fingerprint density at radius 3 is 2.83 bits per heavy atom. The molecule has 0 unspecified atom stereocenters. The van der Waals surface area contributed by atoms with Crippen molar-refractivity contribution in [2.45, 2.75) is 18.9 Å². The summed E-state index contributed by atoms with van der Waals surface area (Å²) in [7, 11) is 0. The fourth-order valence-electron chi connectivity index (χ4n) is 2.56.